The second-order valence-electron chi connectivity index (χ2n) is 11.7. The van der Waals surface area contributed by atoms with Crippen LogP contribution in [0, 0.1) is 5.92 Å². The summed E-state index contributed by atoms with van der Waals surface area (Å²) in [6, 6.07) is 11.1. The van der Waals surface area contributed by atoms with Crippen LogP contribution in [0.5, 0.6) is 5.75 Å². The molecular formula is C33H34Cl2N6O4S. The van der Waals surface area contributed by atoms with Gasteiger partial charge in [-0.25, -0.2) is 19.8 Å². The van der Waals surface area contributed by atoms with Crippen LogP contribution in [-0.2, 0) is 22.6 Å². The molecule has 0 saturated carbocycles. The summed E-state index contributed by atoms with van der Waals surface area (Å²) in [6.45, 7) is 6.51. The van der Waals surface area contributed by atoms with Gasteiger partial charge in [0.15, 0.2) is 0 Å². The normalized spacial score (nSPS) is 23.7. The van der Waals surface area contributed by atoms with E-state index in [0.29, 0.717) is 5.03 Å². The summed E-state index contributed by atoms with van der Waals surface area (Å²) in [7, 11) is 0. The number of aromatic hydroxyl groups is 1. The van der Waals surface area contributed by atoms with Crippen LogP contribution >= 0.6 is 34.5 Å². The summed E-state index contributed by atoms with van der Waals surface area (Å²) >= 11 is 14.2. The molecule has 2 N–H and O–H groups in total. The van der Waals surface area contributed by atoms with Crippen molar-refractivity contribution < 1.29 is 19.5 Å². The Kier molecular flexibility index (Phi) is 9.37. The predicted octanol–water partition coefficient (Wildman–Crippen LogP) is 4.84. The Morgan fingerprint density at radius 3 is 2.74 bits per heavy atom. The van der Waals surface area contributed by atoms with Crippen LogP contribution < -0.4 is 5.32 Å². The van der Waals surface area contributed by atoms with Gasteiger partial charge in [0, 0.05) is 31.1 Å². The van der Waals surface area contributed by atoms with E-state index in [1.165, 1.54) is 16.3 Å². The molecule has 0 bridgehead atoms. The quantitative estimate of drug-likeness (QED) is 0.260. The minimum absolute atomic E-state index is 0.00725. The van der Waals surface area contributed by atoms with Crippen LogP contribution in [0.4, 0.5) is 4.79 Å². The van der Waals surface area contributed by atoms with Gasteiger partial charge in [-0.15, -0.1) is 29.5 Å². The number of alkyl halides is 1. The maximum absolute atomic E-state index is 14.3. The van der Waals surface area contributed by atoms with E-state index in [1.807, 2.05) is 31.2 Å². The molecule has 240 valence electrons. The lowest BCUT2D eigenvalue weighted by molar-refractivity contribution is -0.189. The molecule has 2 saturated heterocycles. The largest absolute Gasteiger partial charge is 0.508 e. The number of amides is 4. The molecule has 3 aromatic rings. The number of hydrogen-bond donors (Lipinski definition) is 2. The molecule has 3 heterocycles. The zero-order valence-corrected chi connectivity index (χ0v) is 27.5. The lowest BCUT2D eigenvalue weighted by Gasteiger charge is -2.55. The average molecular weight is 682 g/mol. The first-order valence-corrected chi connectivity index (χ1v) is 16.7. The van der Waals surface area contributed by atoms with Gasteiger partial charge in [-0.1, -0.05) is 54.9 Å². The number of carbonyl (C=O) groups excluding carboxylic acids is 3. The number of thiazole rings is 1. The Morgan fingerprint density at radius 2 is 2.00 bits per heavy atom. The molecule has 13 heteroatoms. The number of rotatable bonds is 8. The molecule has 4 amide bonds. The van der Waals surface area contributed by atoms with Gasteiger partial charge < -0.3 is 20.2 Å². The number of hydrogen-bond acceptors (Lipinski definition) is 7. The maximum atomic E-state index is 14.3. The molecule has 2 aliphatic heterocycles. The number of para-hydroxylation sites is 1. The highest BCUT2D eigenvalue weighted by atomic mass is 35.5. The fraction of sp³-hybridized carbons (Fsp3) is 0.333. The van der Waals surface area contributed by atoms with E-state index < -0.39 is 18.2 Å². The number of nitrogens with one attached hydrogen (secondary N) is 1. The molecular weight excluding hydrogens is 647 g/mol. The van der Waals surface area contributed by atoms with Crippen molar-refractivity contribution in [3.8, 4) is 5.75 Å². The van der Waals surface area contributed by atoms with Gasteiger partial charge in [-0.2, -0.15) is 0 Å². The Hall–Kier alpha value is -3.90. The predicted molar refractivity (Wildman–Crippen MR) is 179 cm³/mol. The number of phenolic OH excluding ortho intramolecular Hbond substituents is 1. The van der Waals surface area contributed by atoms with Crippen LogP contribution in [-0.4, -0.2) is 91.5 Å². The lowest BCUT2D eigenvalue weighted by Crippen LogP contribution is -2.76. The van der Waals surface area contributed by atoms with Gasteiger partial charge >= 0.3 is 6.03 Å². The first-order chi connectivity index (χ1) is 22.1. The van der Waals surface area contributed by atoms with Crippen molar-refractivity contribution in [1.82, 2.24) is 30.1 Å². The van der Waals surface area contributed by atoms with E-state index in [9.17, 15) is 19.5 Å². The molecule has 1 aromatic heterocycles. The SMILES string of the molecule is C=CCN1CC(=O)N2[C@@H](Cc3ccc(O)cc3)C(=O)N(Cc3cccc4scnc34)C[C@@H]2N1C(=O)NCC1=CC(C)C(Cl)C(Cl)=C1. The summed E-state index contributed by atoms with van der Waals surface area (Å²) in [5.41, 5.74) is 5.07. The van der Waals surface area contributed by atoms with Crippen molar-refractivity contribution in [2.45, 2.75) is 37.5 Å². The fourth-order valence-corrected chi connectivity index (χ4v) is 7.52. The summed E-state index contributed by atoms with van der Waals surface area (Å²) in [5, 5.41) is 16.2. The number of urea groups is 1. The smallest absolute Gasteiger partial charge is 0.334 e. The molecule has 2 fully saturated rings. The van der Waals surface area contributed by atoms with E-state index in [1.54, 1.807) is 56.7 Å². The Bertz CT molecular complexity index is 1730. The molecule has 0 spiro atoms. The minimum atomic E-state index is -0.879. The van der Waals surface area contributed by atoms with Gasteiger partial charge in [-0.05, 0) is 46.9 Å². The molecule has 0 radical (unpaired) electrons. The number of benzene rings is 2. The van der Waals surface area contributed by atoms with Crippen molar-refractivity contribution in [3.05, 3.63) is 94.5 Å². The van der Waals surface area contributed by atoms with Crippen molar-refractivity contribution in [2.75, 3.05) is 26.2 Å². The van der Waals surface area contributed by atoms with Gasteiger partial charge in [0.2, 0.25) is 11.8 Å². The van der Waals surface area contributed by atoms with Gasteiger partial charge in [0.25, 0.3) is 0 Å². The second kappa shape index (κ2) is 13.4. The summed E-state index contributed by atoms with van der Waals surface area (Å²) < 4.78 is 1.01. The van der Waals surface area contributed by atoms with Crippen LogP contribution in [0.15, 0.2) is 83.4 Å². The van der Waals surface area contributed by atoms with E-state index in [2.05, 4.69) is 16.9 Å². The van der Waals surface area contributed by atoms with E-state index in [-0.39, 0.29) is 68.0 Å². The standard InChI is InChI=1S/C33H34Cl2N6O4S/c1-3-11-39-18-29(43)40-26(14-21-7-9-24(42)10-8-21)32(44)38(16-23-5-4-6-27-31(23)37-19-46-27)17-28(40)41(39)33(45)36-15-22-12-20(2)30(35)25(34)13-22/h3-10,12-13,19-20,26,28,30,42H,1,11,14-18H2,2H3,(H,36,45)/t20?,26-,28-,30?/m0/s1. The molecule has 10 nitrogen and oxygen atoms in total. The van der Waals surface area contributed by atoms with E-state index >= 15 is 0 Å². The van der Waals surface area contributed by atoms with Crippen molar-refractivity contribution >= 4 is 62.6 Å². The minimum Gasteiger partial charge on any atom is -0.508 e. The van der Waals surface area contributed by atoms with Crippen LogP contribution in [0.2, 0.25) is 0 Å². The molecule has 3 aliphatic rings. The summed E-state index contributed by atoms with van der Waals surface area (Å²) in [4.78, 5) is 49.9. The molecule has 6 rings (SSSR count). The summed E-state index contributed by atoms with van der Waals surface area (Å²) in [6.07, 6.45) is 4.80. The number of carbonyl (C=O) groups is 3. The number of phenols is 1. The third-order valence-corrected chi connectivity index (χ3v) is 10.4. The average Bonchev–Trinajstić information content (AvgIpc) is 3.52. The summed E-state index contributed by atoms with van der Waals surface area (Å²) in [5.74, 6) is -0.390. The van der Waals surface area contributed by atoms with Gasteiger partial charge in [0.1, 0.15) is 18.0 Å². The number of allylic oxidation sites excluding steroid dienone is 2. The van der Waals surface area contributed by atoms with Crippen LogP contribution in [0.3, 0.4) is 0 Å². The van der Waals surface area contributed by atoms with Gasteiger partial charge in [0.05, 0.1) is 34.2 Å². The third-order valence-electron chi connectivity index (χ3n) is 8.52. The Balaban J connectivity index is 1.34. The molecule has 4 atom stereocenters. The fourth-order valence-electron chi connectivity index (χ4n) is 6.32. The Labute approximate surface area is 281 Å². The second-order valence-corrected chi connectivity index (χ2v) is 13.5. The van der Waals surface area contributed by atoms with Crippen molar-refractivity contribution in [2.24, 2.45) is 5.92 Å². The highest BCUT2D eigenvalue weighted by molar-refractivity contribution is 7.16. The van der Waals surface area contributed by atoms with Crippen LogP contribution in [0.1, 0.15) is 18.1 Å². The number of piperazine rings is 1. The monoisotopic (exact) mass is 680 g/mol. The number of hydrazine groups is 1. The van der Waals surface area contributed by atoms with Crippen molar-refractivity contribution in [1.29, 1.82) is 0 Å². The topological polar surface area (TPSA) is 109 Å². The molecule has 2 aromatic carbocycles. The molecule has 1 aliphatic carbocycles. The first kappa shape index (κ1) is 32.1. The third kappa shape index (κ3) is 6.37. The zero-order chi connectivity index (χ0) is 32.5. The highest BCUT2D eigenvalue weighted by Crippen LogP contribution is 2.32. The number of fused-ring (bicyclic) bond motifs is 2. The molecule has 46 heavy (non-hydrogen) atoms. The van der Waals surface area contributed by atoms with Gasteiger partial charge in [-0.3, -0.25) is 9.59 Å². The zero-order valence-electron chi connectivity index (χ0n) is 25.2. The number of halogens is 2. The van der Waals surface area contributed by atoms with E-state index in [4.69, 9.17) is 23.2 Å². The number of nitrogens with zero attached hydrogens (tertiary/aromatic N) is 5. The van der Waals surface area contributed by atoms with E-state index in [0.717, 1.165) is 26.9 Å². The molecule has 2 unspecified atom stereocenters. The van der Waals surface area contributed by atoms with Crippen molar-refractivity contribution in [3.63, 3.8) is 0 Å². The lowest BCUT2D eigenvalue weighted by atomic mass is 9.97. The highest BCUT2D eigenvalue weighted by Gasteiger charge is 2.51. The maximum Gasteiger partial charge on any atom is 0.334 e. The Morgan fingerprint density at radius 1 is 1.22 bits per heavy atom. The van der Waals surface area contributed by atoms with Crippen LogP contribution in [0.25, 0.3) is 10.2 Å². The number of aromatic nitrogens is 1. The first-order valence-electron chi connectivity index (χ1n) is 15.0.